The zero-order chi connectivity index (χ0) is 50.6. The van der Waals surface area contributed by atoms with Crippen molar-refractivity contribution in [3.63, 3.8) is 0 Å². The summed E-state index contributed by atoms with van der Waals surface area (Å²) in [7, 11) is 0. The van der Waals surface area contributed by atoms with Crippen molar-refractivity contribution in [1.82, 2.24) is 0 Å². The molecular weight excluding hydrogens is 861 g/mol. The molecule has 0 aliphatic carbocycles. The summed E-state index contributed by atoms with van der Waals surface area (Å²) in [5.41, 5.74) is 0. The van der Waals surface area contributed by atoms with Crippen LogP contribution in [0.25, 0.3) is 0 Å². The normalized spacial score (nSPS) is 12.3. The van der Waals surface area contributed by atoms with Gasteiger partial charge in [-0.1, -0.05) is 288 Å². The molecular formula is C65H122O5. The molecule has 0 aromatic carbocycles. The molecule has 412 valence electrons. The van der Waals surface area contributed by atoms with E-state index in [0.717, 1.165) is 38.5 Å². The molecule has 0 aliphatic rings. The summed E-state index contributed by atoms with van der Waals surface area (Å²) in [4.78, 5) is 25.6. The maximum atomic E-state index is 12.9. The molecule has 0 N–H and O–H groups in total. The van der Waals surface area contributed by atoms with Crippen LogP contribution in [0.2, 0.25) is 0 Å². The van der Waals surface area contributed by atoms with E-state index in [1.807, 2.05) is 0 Å². The van der Waals surface area contributed by atoms with Crippen LogP contribution in [-0.4, -0.2) is 37.9 Å². The van der Waals surface area contributed by atoms with Crippen LogP contribution in [-0.2, 0) is 23.8 Å². The SMILES string of the molecule is CCCCC/C=C\C/C=C\CCCCCCCCCCCC(=O)OC[C@@H](COCCCCCCCCCCCCCCCCCC)OC(=O)CCCCCCCCCCC/C=C\CCCCCCCC. The molecule has 0 fully saturated rings. The molecule has 0 aliphatic heterocycles. The van der Waals surface area contributed by atoms with Gasteiger partial charge in [-0.2, -0.15) is 0 Å². The molecule has 0 aromatic rings. The standard InChI is InChI=1S/C65H122O5/c1-4-7-10-13-16-19-22-25-28-31-33-35-37-40-43-46-49-52-55-58-64(66)69-62-63(61-68-60-57-54-51-48-45-42-39-30-27-24-21-18-15-12-9-6-3)70-65(67)59-56-53-50-47-44-41-38-36-34-32-29-26-23-20-17-14-11-8-5-2/h16,19,25-26,28-29,63H,4-15,17-18,20-24,27,30-62H2,1-3H3/b19-16-,28-25-,29-26-/t63-/m1/s1. The van der Waals surface area contributed by atoms with Crippen molar-refractivity contribution in [3.8, 4) is 0 Å². The molecule has 0 saturated heterocycles. The van der Waals surface area contributed by atoms with Crippen LogP contribution in [0.4, 0.5) is 0 Å². The van der Waals surface area contributed by atoms with Crippen molar-refractivity contribution in [2.45, 2.75) is 348 Å². The Hall–Kier alpha value is -1.88. The van der Waals surface area contributed by atoms with Crippen LogP contribution in [0, 0.1) is 0 Å². The number of hydrogen-bond acceptors (Lipinski definition) is 5. The summed E-state index contributed by atoms with van der Waals surface area (Å²) in [5, 5.41) is 0. The van der Waals surface area contributed by atoms with Crippen molar-refractivity contribution in [1.29, 1.82) is 0 Å². The fraction of sp³-hybridized carbons (Fsp3) is 0.877. The van der Waals surface area contributed by atoms with Gasteiger partial charge in [-0.25, -0.2) is 0 Å². The van der Waals surface area contributed by atoms with Gasteiger partial charge in [0, 0.05) is 19.4 Å². The summed E-state index contributed by atoms with van der Waals surface area (Å²) in [5.74, 6) is -0.382. The topological polar surface area (TPSA) is 61.8 Å². The number of carbonyl (C=O) groups excluding carboxylic acids is 2. The van der Waals surface area contributed by atoms with Gasteiger partial charge >= 0.3 is 11.9 Å². The monoisotopic (exact) mass is 983 g/mol. The molecule has 0 rings (SSSR count). The second-order valence-electron chi connectivity index (χ2n) is 21.3. The third-order valence-electron chi connectivity index (χ3n) is 14.1. The molecule has 0 heterocycles. The Balaban J connectivity index is 4.23. The van der Waals surface area contributed by atoms with Gasteiger partial charge in [0.2, 0.25) is 0 Å². The van der Waals surface area contributed by atoms with Gasteiger partial charge in [0.25, 0.3) is 0 Å². The Morgan fingerprint density at radius 1 is 0.314 bits per heavy atom. The number of ether oxygens (including phenoxy) is 3. The van der Waals surface area contributed by atoms with Gasteiger partial charge in [-0.05, 0) is 77.0 Å². The Morgan fingerprint density at radius 2 is 0.600 bits per heavy atom. The first-order chi connectivity index (χ1) is 34.6. The number of carbonyl (C=O) groups is 2. The minimum Gasteiger partial charge on any atom is -0.462 e. The fourth-order valence-corrected chi connectivity index (χ4v) is 9.42. The lowest BCUT2D eigenvalue weighted by Gasteiger charge is -2.18. The lowest BCUT2D eigenvalue weighted by molar-refractivity contribution is -0.163. The average molecular weight is 984 g/mol. The van der Waals surface area contributed by atoms with Crippen molar-refractivity contribution >= 4 is 11.9 Å². The Labute approximate surface area is 438 Å². The van der Waals surface area contributed by atoms with Crippen LogP contribution in [0.1, 0.15) is 342 Å². The van der Waals surface area contributed by atoms with Gasteiger partial charge in [0.15, 0.2) is 6.10 Å². The zero-order valence-corrected chi connectivity index (χ0v) is 47.6. The predicted octanol–water partition coefficient (Wildman–Crippen LogP) is 21.7. The lowest BCUT2D eigenvalue weighted by Crippen LogP contribution is -2.30. The van der Waals surface area contributed by atoms with E-state index in [0.29, 0.717) is 26.1 Å². The molecule has 0 bridgehead atoms. The van der Waals surface area contributed by atoms with Gasteiger partial charge in [-0.3, -0.25) is 9.59 Å². The largest absolute Gasteiger partial charge is 0.462 e. The maximum Gasteiger partial charge on any atom is 0.306 e. The number of rotatable bonds is 59. The van der Waals surface area contributed by atoms with Gasteiger partial charge < -0.3 is 14.2 Å². The highest BCUT2D eigenvalue weighted by Crippen LogP contribution is 2.17. The first-order valence-corrected chi connectivity index (χ1v) is 31.5. The third kappa shape index (κ3) is 58.7. The summed E-state index contributed by atoms with van der Waals surface area (Å²) in [6.45, 7) is 7.87. The molecule has 0 radical (unpaired) electrons. The van der Waals surface area contributed by atoms with Crippen LogP contribution in [0.5, 0.6) is 0 Å². The highest BCUT2D eigenvalue weighted by Gasteiger charge is 2.18. The van der Waals surface area contributed by atoms with Gasteiger partial charge in [0.1, 0.15) is 6.61 Å². The maximum absolute atomic E-state index is 12.9. The first kappa shape index (κ1) is 68.1. The third-order valence-corrected chi connectivity index (χ3v) is 14.1. The minimum atomic E-state index is -0.536. The highest BCUT2D eigenvalue weighted by atomic mass is 16.6. The quantitative estimate of drug-likeness (QED) is 0.0345. The van der Waals surface area contributed by atoms with E-state index in [-0.39, 0.29) is 18.5 Å². The Bertz CT molecular complexity index is 1110. The van der Waals surface area contributed by atoms with E-state index in [4.69, 9.17) is 14.2 Å². The van der Waals surface area contributed by atoms with Crippen molar-refractivity contribution < 1.29 is 23.8 Å². The molecule has 5 heteroatoms. The number of allylic oxidation sites excluding steroid dienone is 6. The smallest absolute Gasteiger partial charge is 0.306 e. The van der Waals surface area contributed by atoms with E-state index >= 15 is 0 Å². The Morgan fingerprint density at radius 3 is 0.986 bits per heavy atom. The molecule has 0 aromatic heterocycles. The fourth-order valence-electron chi connectivity index (χ4n) is 9.42. The molecule has 0 unspecified atom stereocenters. The van der Waals surface area contributed by atoms with E-state index in [1.54, 1.807) is 0 Å². The Kier molecular flexibility index (Phi) is 59.8. The molecule has 70 heavy (non-hydrogen) atoms. The highest BCUT2D eigenvalue weighted by molar-refractivity contribution is 5.70. The second-order valence-corrected chi connectivity index (χ2v) is 21.3. The minimum absolute atomic E-state index is 0.0883. The first-order valence-electron chi connectivity index (χ1n) is 31.5. The average Bonchev–Trinajstić information content (AvgIpc) is 3.36. The number of esters is 2. The summed E-state index contributed by atoms with van der Waals surface area (Å²) in [6, 6.07) is 0. The van der Waals surface area contributed by atoms with E-state index in [9.17, 15) is 9.59 Å². The van der Waals surface area contributed by atoms with Crippen molar-refractivity contribution in [2.24, 2.45) is 0 Å². The number of hydrogen-bond donors (Lipinski definition) is 0. The summed E-state index contributed by atoms with van der Waals surface area (Å²) < 4.78 is 17.6. The van der Waals surface area contributed by atoms with E-state index < -0.39 is 6.10 Å². The van der Waals surface area contributed by atoms with Crippen molar-refractivity contribution in [3.05, 3.63) is 36.5 Å². The van der Waals surface area contributed by atoms with Crippen LogP contribution < -0.4 is 0 Å². The number of unbranched alkanes of at least 4 members (excludes halogenated alkanes) is 42. The molecule has 0 saturated carbocycles. The van der Waals surface area contributed by atoms with Crippen LogP contribution in [0.15, 0.2) is 36.5 Å². The van der Waals surface area contributed by atoms with Crippen LogP contribution in [0.3, 0.4) is 0 Å². The molecule has 0 amide bonds. The zero-order valence-electron chi connectivity index (χ0n) is 47.6. The molecule has 0 spiro atoms. The summed E-state index contributed by atoms with van der Waals surface area (Å²) in [6.07, 6.45) is 76.0. The van der Waals surface area contributed by atoms with Crippen molar-refractivity contribution in [2.75, 3.05) is 19.8 Å². The van der Waals surface area contributed by atoms with E-state index in [2.05, 4.69) is 57.2 Å². The van der Waals surface area contributed by atoms with E-state index in [1.165, 1.54) is 270 Å². The predicted molar refractivity (Wildman–Crippen MR) is 307 cm³/mol. The lowest BCUT2D eigenvalue weighted by atomic mass is 10.0. The second kappa shape index (κ2) is 61.4. The van der Waals surface area contributed by atoms with Gasteiger partial charge in [-0.15, -0.1) is 0 Å². The van der Waals surface area contributed by atoms with Crippen LogP contribution >= 0.6 is 0 Å². The molecule has 1 atom stereocenters. The van der Waals surface area contributed by atoms with Gasteiger partial charge in [0.05, 0.1) is 6.61 Å². The molecule has 5 nitrogen and oxygen atoms in total. The summed E-state index contributed by atoms with van der Waals surface area (Å²) >= 11 is 0.